The van der Waals surface area contributed by atoms with Crippen molar-refractivity contribution < 1.29 is 9.59 Å². The van der Waals surface area contributed by atoms with Gasteiger partial charge in [0.05, 0.1) is 5.57 Å². The standard InChI is InChI=1S/C24H37NO2/c1-22(2,3)25-21(27)17-14-24(5)15(13-20(17)26)8-9-16-18-7-6-11-23(18,4)12-10-19(16)24/h14-16,18-19H,6-13H2,1-5H3,(H,25,27)/t15?,16-,18-,19-,23-,24-/m0/s1. The number of ketones is 1. The van der Waals surface area contributed by atoms with Crippen LogP contribution < -0.4 is 5.32 Å². The van der Waals surface area contributed by atoms with E-state index in [4.69, 9.17) is 0 Å². The highest BCUT2D eigenvalue weighted by atomic mass is 16.2. The zero-order valence-corrected chi connectivity index (χ0v) is 17.9. The molecule has 0 aliphatic heterocycles. The van der Waals surface area contributed by atoms with Gasteiger partial charge >= 0.3 is 0 Å². The number of Topliss-reactive ketones (excluding diaryl/α,β-unsaturated/α-hetero) is 1. The van der Waals surface area contributed by atoms with Crippen LogP contribution in [0.25, 0.3) is 0 Å². The fourth-order valence-corrected chi connectivity index (χ4v) is 7.33. The van der Waals surface area contributed by atoms with Crippen LogP contribution >= 0.6 is 0 Å². The number of nitrogens with one attached hydrogen (secondary N) is 1. The van der Waals surface area contributed by atoms with E-state index < -0.39 is 0 Å². The Labute approximate surface area is 164 Å². The molecule has 0 heterocycles. The molecule has 0 radical (unpaired) electrons. The summed E-state index contributed by atoms with van der Waals surface area (Å²) in [7, 11) is 0. The van der Waals surface area contributed by atoms with Crippen molar-refractivity contribution in [2.75, 3.05) is 0 Å². The highest BCUT2D eigenvalue weighted by molar-refractivity contribution is 6.20. The molecule has 0 aromatic carbocycles. The molecule has 0 aromatic heterocycles. The van der Waals surface area contributed by atoms with Gasteiger partial charge in [-0.05, 0) is 93.8 Å². The van der Waals surface area contributed by atoms with Crippen LogP contribution in [0.3, 0.4) is 0 Å². The summed E-state index contributed by atoms with van der Waals surface area (Å²) >= 11 is 0. The zero-order chi connectivity index (χ0) is 19.6. The summed E-state index contributed by atoms with van der Waals surface area (Å²) in [6, 6.07) is 0. The lowest BCUT2D eigenvalue weighted by Gasteiger charge is -2.58. The molecular weight excluding hydrogens is 334 g/mol. The third-order valence-corrected chi connectivity index (χ3v) is 8.67. The van der Waals surface area contributed by atoms with Gasteiger partial charge in [0.1, 0.15) is 0 Å². The van der Waals surface area contributed by atoms with Crippen molar-refractivity contribution in [1.82, 2.24) is 5.32 Å². The Kier molecular flexibility index (Phi) is 4.40. The number of rotatable bonds is 1. The van der Waals surface area contributed by atoms with Crippen LogP contribution in [0.5, 0.6) is 0 Å². The normalized spacial score (nSPS) is 44.0. The van der Waals surface area contributed by atoms with E-state index in [2.05, 4.69) is 25.2 Å². The van der Waals surface area contributed by atoms with E-state index in [0.717, 1.165) is 18.3 Å². The van der Waals surface area contributed by atoms with Crippen molar-refractivity contribution in [1.29, 1.82) is 0 Å². The van der Waals surface area contributed by atoms with Crippen molar-refractivity contribution in [3.05, 3.63) is 11.6 Å². The smallest absolute Gasteiger partial charge is 0.254 e. The molecule has 0 aromatic rings. The van der Waals surface area contributed by atoms with Gasteiger partial charge in [-0.15, -0.1) is 0 Å². The number of carbonyl (C=O) groups is 2. The quantitative estimate of drug-likeness (QED) is 0.656. The summed E-state index contributed by atoms with van der Waals surface area (Å²) in [6.07, 6.45) is 11.9. The number of carbonyl (C=O) groups excluding carboxylic acids is 2. The number of hydrogen-bond acceptors (Lipinski definition) is 2. The first kappa shape index (κ1) is 19.2. The Morgan fingerprint density at radius 2 is 1.81 bits per heavy atom. The van der Waals surface area contributed by atoms with Gasteiger partial charge < -0.3 is 5.32 Å². The first-order valence-corrected chi connectivity index (χ1v) is 11.1. The van der Waals surface area contributed by atoms with Gasteiger partial charge in [-0.25, -0.2) is 0 Å². The molecule has 4 aliphatic rings. The Balaban J connectivity index is 1.66. The van der Waals surface area contributed by atoms with Gasteiger partial charge in [-0.1, -0.05) is 26.3 Å². The molecule has 0 bridgehead atoms. The van der Waals surface area contributed by atoms with E-state index >= 15 is 0 Å². The third-order valence-electron chi connectivity index (χ3n) is 8.67. The molecule has 1 N–H and O–H groups in total. The average Bonchev–Trinajstić information content (AvgIpc) is 2.95. The highest BCUT2D eigenvalue weighted by Gasteiger charge is 2.57. The Morgan fingerprint density at radius 1 is 1.07 bits per heavy atom. The molecule has 3 fully saturated rings. The molecule has 3 heteroatoms. The topological polar surface area (TPSA) is 46.2 Å². The molecule has 0 saturated heterocycles. The molecular formula is C24H37NO2. The molecule has 4 aliphatic carbocycles. The van der Waals surface area contributed by atoms with Crippen LogP contribution in [0.2, 0.25) is 0 Å². The van der Waals surface area contributed by atoms with Crippen LogP contribution in [-0.4, -0.2) is 17.2 Å². The van der Waals surface area contributed by atoms with Crippen LogP contribution in [0.1, 0.15) is 86.0 Å². The van der Waals surface area contributed by atoms with Crippen LogP contribution in [0, 0.1) is 34.5 Å². The fraction of sp³-hybridized carbons (Fsp3) is 0.833. The first-order valence-electron chi connectivity index (χ1n) is 11.1. The fourth-order valence-electron chi connectivity index (χ4n) is 7.33. The minimum Gasteiger partial charge on any atom is -0.347 e. The lowest BCUT2D eigenvalue weighted by atomic mass is 9.46. The Hall–Kier alpha value is -1.12. The summed E-state index contributed by atoms with van der Waals surface area (Å²) in [5, 5.41) is 3.02. The second-order valence-corrected chi connectivity index (χ2v) is 11.5. The highest BCUT2D eigenvalue weighted by Crippen LogP contribution is 2.65. The number of hydrogen-bond donors (Lipinski definition) is 1. The molecule has 3 nitrogen and oxygen atoms in total. The van der Waals surface area contributed by atoms with Crippen molar-refractivity contribution in [3.63, 3.8) is 0 Å². The van der Waals surface area contributed by atoms with Gasteiger partial charge in [0.2, 0.25) is 0 Å². The molecule has 6 atom stereocenters. The minimum atomic E-state index is -0.318. The third kappa shape index (κ3) is 3.09. The van der Waals surface area contributed by atoms with Crippen molar-refractivity contribution >= 4 is 11.7 Å². The molecule has 1 unspecified atom stereocenters. The maximum atomic E-state index is 12.8. The zero-order valence-electron chi connectivity index (χ0n) is 17.9. The lowest BCUT2D eigenvalue weighted by molar-refractivity contribution is -0.128. The predicted molar refractivity (Wildman–Crippen MR) is 108 cm³/mol. The lowest BCUT2D eigenvalue weighted by Crippen LogP contribution is -2.53. The number of amides is 1. The second kappa shape index (κ2) is 6.19. The molecule has 4 rings (SSSR count). The maximum absolute atomic E-state index is 12.8. The van der Waals surface area contributed by atoms with E-state index in [1.165, 1.54) is 38.5 Å². The monoisotopic (exact) mass is 371 g/mol. The van der Waals surface area contributed by atoms with Gasteiger partial charge in [0, 0.05) is 12.0 Å². The largest absolute Gasteiger partial charge is 0.347 e. The van der Waals surface area contributed by atoms with E-state index in [-0.39, 0.29) is 22.6 Å². The summed E-state index contributed by atoms with van der Waals surface area (Å²) in [5.74, 6) is 2.58. The van der Waals surface area contributed by atoms with Gasteiger partial charge in [-0.3, -0.25) is 9.59 Å². The molecule has 0 spiro atoms. The van der Waals surface area contributed by atoms with Crippen LogP contribution in [-0.2, 0) is 9.59 Å². The molecule has 27 heavy (non-hydrogen) atoms. The van der Waals surface area contributed by atoms with E-state index in [9.17, 15) is 9.59 Å². The van der Waals surface area contributed by atoms with Crippen LogP contribution in [0.15, 0.2) is 11.6 Å². The Morgan fingerprint density at radius 3 is 2.52 bits per heavy atom. The summed E-state index contributed by atoms with van der Waals surface area (Å²) in [6.45, 7) is 10.8. The summed E-state index contributed by atoms with van der Waals surface area (Å²) in [4.78, 5) is 25.6. The summed E-state index contributed by atoms with van der Waals surface area (Å²) < 4.78 is 0. The van der Waals surface area contributed by atoms with Crippen molar-refractivity contribution in [2.45, 2.75) is 91.5 Å². The molecule has 3 saturated carbocycles. The van der Waals surface area contributed by atoms with Crippen molar-refractivity contribution in [3.8, 4) is 0 Å². The molecule has 150 valence electrons. The number of allylic oxidation sites excluding steroid dienone is 1. The Bertz CT molecular complexity index is 687. The van der Waals surface area contributed by atoms with Gasteiger partial charge in [-0.2, -0.15) is 0 Å². The second-order valence-electron chi connectivity index (χ2n) is 11.5. The van der Waals surface area contributed by atoms with Crippen LogP contribution in [0.4, 0.5) is 0 Å². The molecule has 1 amide bonds. The number of fused-ring (bicyclic) bond motifs is 5. The van der Waals surface area contributed by atoms with E-state index in [1.807, 2.05) is 20.8 Å². The average molecular weight is 372 g/mol. The minimum absolute atomic E-state index is 0.00526. The van der Waals surface area contributed by atoms with Gasteiger partial charge in [0.15, 0.2) is 5.78 Å². The SMILES string of the molecule is CC(C)(C)NC(=O)C1=C[C@@]2(C)C(CC[C@H]3[C@@H]4CCC[C@@]4(C)CC[C@@H]32)CC1=O. The van der Waals surface area contributed by atoms with E-state index in [1.54, 1.807) is 0 Å². The van der Waals surface area contributed by atoms with Crippen molar-refractivity contribution in [2.24, 2.45) is 34.5 Å². The maximum Gasteiger partial charge on any atom is 0.254 e. The van der Waals surface area contributed by atoms with E-state index in [0.29, 0.717) is 29.2 Å². The first-order chi connectivity index (χ1) is 12.5. The predicted octanol–water partition coefficient (Wildman–Crippen LogP) is 5.05. The summed E-state index contributed by atoms with van der Waals surface area (Å²) in [5.41, 5.74) is 0.668. The van der Waals surface area contributed by atoms with Gasteiger partial charge in [0.25, 0.3) is 5.91 Å².